The van der Waals surface area contributed by atoms with Crippen molar-refractivity contribution in [2.75, 3.05) is 11.5 Å². The molecule has 0 radical (unpaired) electrons. The van der Waals surface area contributed by atoms with Crippen LogP contribution in [0.1, 0.15) is 86.0 Å². The maximum atomic E-state index is 2.90. The zero-order valence-electron chi connectivity index (χ0n) is 18.4. The van der Waals surface area contributed by atoms with Gasteiger partial charge in [0.15, 0.2) is 0 Å². The summed E-state index contributed by atoms with van der Waals surface area (Å²) in [5.74, 6) is 4.40. The molecular formula is C23H46S2Sn. The van der Waals surface area contributed by atoms with Gasteiger partial charge in [-0.15, -0.1) is 0 Å². The molecule has 0 aromatic rings. The van der Waals surface area contributed by atoms with Gasteiger partial charge in [-0.1, -0.05) is 0 Å². The summed E-state index contributed by atoms with van der Waals surface area (Å²) in [6.45, 7) is 12.1. The molecule has 1 rings (SSSR count). The average Bonchev–Trinajstić information content (AvgIpc) is 2.67. The van der Waals surface area contributed by atoms with E-state index in [0.29, 0.717) is 0 Å². The Morgan fingerprint density at radius 3 is 1.85 bits per heavy atom. The van der Waals surface area contributed by atoms with Gasteiger partial charge in [0.05, 0.1) is 0 Å². The predicted molar refractivity (Wildman–Crippen MR) is 130 cm³/mol. The number of hydrogen-bond acceptors (Lipinski definition) is 2. The van der Waals surface area contributed by atoms with Gasteiger partial charge in [0.2, 0.25) is 0 Å². The summed E-state index contributed by atoms with van der Waals surface area (Å²) in [6.07, 6.45) is 14.1. The Morgan fingerprint density at radius 1 is 0.885 bits per heavy atom. The minimum atomic E-state index is -2.06. The van der Waals surface area contributed by atoms with Crippen molar-refractivity contribution in [3.05, 3.63) is 10.2 Å². The van der Waals surface area contributed by atoms with Crippen LogP contribution in [0, 0.1) is 11.8 Å². The van der Waals surface area contributed by atoms with Crippen molar-refractivity contribution in [1.82, 2.24) is 0 Å². The van der Waals surface area contributed by atoms with Gasteiger partial charge < -0.3 is 0 Å². The Morgan fingerprint density at radius 2 is 1.38 bits per heavy atom. The zero-order valence-corrected chi connectivity index (χ0v) is 22.9. The predicted octanol–water partition coefficient (Wildman–Crippen LogP) is 8.79. The van der Waals surface area contributed by atoms with Crippen LogP contribution in [0.5, 0.6) is 0 Å². The Balaban J connectivity index is 2.68. The molecule has 0 aliphatic carbocycles. The van der Waals surface area contributed by atoms with Gasteiger partial charge in [-0.3, -0.25) is 0 Å². The van der Waals surface area contributed by atoms with Crippen LogP contribution in [0.15, 0.2) is 10.2 Å². The van der Waals surface area contributed by atoms with Gasteiger partial charge in [-0.25, -0.2) is 0 Å². The van der Waals surface area contributed by atoms with Crippen LogP contribution < -0.4 is 0 Å². The standard InChI is InChI=1S/C11H19S2.3C4H9.Sn/c1-4-9(2)8-10(3)11-12-6-5-7-13-11;3*1-3-4-2;/h1,4,9-11H,5-8H2,2-3H3;3*1,3-4H2,2H3;/t9-,10-;;;;/m1..../s1. The number of allylic oxidation sites excluding steroid dienone is 1. The summed E-state index contributed by atoms with van der Waals surface area (Å²) in [6, 6.07) is 0. The average molecular weight is 505 g/mol. The molecule has 0 amide bonds. The first-order chi connectivity index (χ1) is 12.6. The molecule has 0 unspecified atom stereocenters. The van der Waals surface area contributed by atoms with E-state index >= 15 is 0 Å². The van der Waals surface area contributed by atoms with Crippen molar-refractivity contribution < 1.29 is 0 Å². The molecule has 0 aromatic heterocycles. The molecule has 0 spiro atoms. The van der Waals surface area contributed by atoms with Crippen LogP contribution in [0.3, 0.4) is 0 Å². The third-order valence-corrected chi connectivity index (χ3v) is 23.5. The molecule has 3 heteroatoms. The molecule has 0 saturated carbocycles. The first kappa shape index (κ1) is 25.3. The zero-order chi connectivity index (χ0) is 19.3. The third-order valence-electron chi connectivity index (χ3n) is 5.92. The molecule has 1 fully saturated rings. The van der Waals surface area contributed by atoms with Gasteiger partial charge >= 0.3 is 179 Å². The van der Waals surface area contributed by atoms with Gasteiger partial charge in [0, 0.05) is 0 Å². The van der Waals surface area contributed by atoms with Crippen molar-refractivity contribution in [2.45, 2.75) is 104 Å². The summed E-state index contributed by atoms with van der Waals surface area (Å²) in [5, 5.41) is 0. The van der Waals surface area contributed by atoms with E-state index in [1.54, 1.807) is 13.3 Å². The second-order valence-corrected chi connectivity index (χ2v) is 24.5. The van der Waals surface area contributed by atoms with E-state index in [4.69, 9.17) is 0 Å². The van der Waals surface area contributed by atoms with Crippen molar-refractivity contribution in [1.29, 1.82) is 0 Å². The van der Waals surface area contributed by atoms with Crippen LogP contribution in [-0.2, 0) is 0 Å². The molecule has 1 aliphatic rings. The Labute approximate surface area is 178 Å². The molecule has 0 nitrogen and oxygen atoms in total. The summed E-state index contributed by atoms with van der Waals surface area (Å²) in [7, 11) is 0. The van der Waals surface area contributed by atoms with E-state index < -0.39 is 18.4 Å². The molecule has 1 heterocycles. The molecule has 0 bridgehead atoms. The first-order valence-electron chi connectivity index (χ1n) is 11.5. The van der Waals surface area contributed by atoms with E-state index in [-0.39, 0.29) is 0 Å². The van der Waals surface area contributed by atoms with Gasteiger partial charge in [-0.05, 0) is 0 Å². The van der Waals surface area contributed by atoms with E-state index in [0.717, 1.165) is 16.4 Å². The van der Waals surface area contributed by atoms with Crippen molar-refractivity contribution in [2.24, 2.45) is 11.8 Å². The normalized spacial score (nSPS) is 19.1. The summed E-state index contributed by atoms with van der Waals surface area (Å²) in [4.78, 5) is 0. The van der Waals surface area contributed by atoms with Crippen molar-refractivity contribution in [3.8, 4) is 0 Å². The topological polar surface area (TPSA) is 0 Å². The number of hydrogen-bond donors (Lipinski definition) is 0. The van der Waals surface area contributed by atoms with Crippen LogP contribution >= 0.6 is 23.5 Å². The Kier molecular flexibility index (Phi) is 14.7. The van der Waals surface area contributed by atoms with Crippen LogP contribution in [0.25, 0.3) is 0 Å². The monoisotopic (exact) mass is 506 g/mol. The number of unbranched alkanes of at least 4 members (excludes halogenated alkanes) is 3. The quantitative estimate of drug-likeness (QED) is 0.217. The summed E-state index contributed by atoms with van der Waals surface area (Å²) >= 11 is 2.38. The van der Waals surface area contributed by atoms with Crippen LogP contribution in [0.4, 0.5) is 0 Å². The van der Waals surface area contributed by atoms with Gasteiger partial charge in [-0.2, -0.15) is 0 Å². The molecule has 0 aromatic carbocycles. The summed E-state index contributed by atoms with van der Waals surface area (Å²) in [5.41, 5.74) is 0. The van der Waals surface area contributed by atoms with E-state index in [1.165, 1.54) is 62.9 Å². The van der Waals surface area contributed by atoms with E-state index in [1.807, 2.05) is 0 Å². The van der Waals surface area contributed by atoms with Gasteiger partial charge in [0.25, 0.3) is 0 Å². The molecule has 1 saturated heterocycles. The summed E-state index contributed by atoms with van der Waals surface area (Å²) < 4.78 is 8.58. The van der Waals surface area contributed by atoms with Crippen molar-refractivity contribution in [3.63, 3.8) is 0 Å². The molecule has 0 N–H and O–H groups in total. The molecule has 2 atom stereocenters. The SMILES string of the molecule is CCC[CH2][Sn](/[CH]=C/[C@@H](C)C[C@@H](C)C1SCCCS1)([CH2]CCC)[CH2]CCC. The fourth-order valence-electron chi connectivity index (χ4n) is 4.19. The number of rotatable bonds is 14. The Hall–Kier alpha value is 1.24. The molecular weight excluding hydrogens is 459 g/mol. The fraction of sp³-hybridized carbons (Fsp3) is 0.913. The molecule has 26 heavy (non-hydrogen) atoms. The minimum absolute atomic E-state index is 0.772. The van der Waals surface area contributed by atoms with Crippen molar-refractivity contribution >= 4 is 41.9 Å². The van der Waals surface area contributed by atoms with E-state index in [2.05, 4.69) is 68.3 Å². The third kappa shape index (κ3) is 10.1. The molecule has 154 valence electrons. The second-order valence-electron chi connectivity index (χ2n) is 8.69. The number of thioether (sulfide) groups is 2. The van der Waals surface area contributed by atoms with Crippen LogP contribution in [0.2, 0.25) is 13.3 Å². The van der Waals surface area contributed by atoms with Gasteiger partial charge in [0.1, 0.15) is 0 Å². The second kappa shape index (κ2) is 15.1. The Bertz CT molecular complexity index is 341. The molecule has 1 aliphatic heterocycles. The maximum absolute atomic E-state index is 2.90. The van der Waals surface area contributed by atoms with Crippen LogP contribution in [-0.4, -0.2) is 34.5 Å². The van der Waals surface area contributed by atoms with E-state index in [9.17, 15) is 0 Å². The fourth-order valence-corrected chi connectivity index (χ4v) is 22.0. The first-order valence-corrected chi connectivity index (χ1v) is 21.3.